The van der Waals surface area contributed by atoms with Crippen molar-refractivity contribution in [2.75, 3.05) is 31.1 Å². The number of hydrogen-bond acceptors (Lipinski definition) is 8. The third-order valence-corrected chi connectivity index (χ3v) is 7.59. The van der Waals surface area contributed by atoms with Crippen molar-refractivity contribution < 1.29 is 18.7 Å². The summed E-state index contributed by atoms with van der Waals surface area (Å²) in [4.78, 5) is 38.3. The molecule has 12 nitrogen and oxygen atoms in total. The van der Waals surface area contributed by atoms with Crippen molar-refractivity contribution in [2.24, 2.45) is 7.05 Å². The number of nitriles is 1. The van der Waals surface area contributed by atoms with E-state index in [9.17, 15) is 23.1 Å². The number of anilines is 1. The largest absolute Gasteiger partial charge is 0.759 e. The van der Waals surface area contributed by atoms with E-state index in [0.717, 1.165) is 20.2 Å². The van der Waals surface area contributed by atoms with E-state index in [-0.39, 0.29) is 13.0 Å². The van der Waals surface area contributed by atoms with Crippen molar-refractivity contribution in [1.29, 1.82) is 5.26 Å². The van der Waals surface area contributed by atoms with Crippen LogP contribution in [0.25, 0.3) is 10.9 Å². The minimum atomic E-state index is -2.57. The molecule has 0 spiro atoms. The molecule has 0 aliphatic carbocycles. The summed E-state index contributed by atoms with van der Waals surface area (Å²) in [7, 11) is 1.55. The van der Waals surface area contributed by atoms with E-state index in [1.165, 1.54) is 4.57 Å². The Balaban J connectivity index is 1.46. The average molecular weight is 564 g/mol. The molecule has 1 aliphatic heterocycles. The number of carboxylic acids is 1. The monoisotopic (exact) mass is 563 g/mol. The van der Waals surface area contributed by atoms with Crippen LogP contribution in [0.2, 0.25) is 0 Å². The lowest BCUT2D eigenvalue weighted by molar-refractivity contribution is -0.139. The molecule has 2 atom stereocenters. The lowest BCUT2D eigenvalue weighted by Crippen LogP contribution is -2.57. The summed E-state index contributed by atoms with van der Waals surface area (Å²) < 4.78 is 26.8. The van der Waals surface area contributed by atoms with Crippen LogP contribution in [-0.2, 0) is 29.7 Å². The topological polar surface area (TPSA) is 155 Å². The van der Waals surface area contributed by atoms with E-state index in [2.05, 4.69) is 16.7 Å². The molecule has 0 radical (unpaired) electrons. The molecule has 1 N–H and O–H groups in total. The summed E-state index contributed by atoms with van der Waals surface area (Å²) in [6.45, 7) is 3.19. The molecule has 3 aromatic rings. The Morgan fingerprint density at radius 3 is 2.33 bits per heavy atom. The van der Waals surface area contributed by atoms with Crippen LogP contribution in [0, 0.1) is 23.2 Å². The predicted octanol–water partition coefficient (Wildman–Crippen LogP) is 0.620. The zero-order valence-electron chi connectivity index (χ0n) is 21.9. The third kappa shape index (κ3) is 6.14. The minimum absolute atomic E-state index is 0.283. The van der Waals surface area contributed by atoms with Crippen LogP contribution >= 0.6 is 0 Å². The van der Waals surface area contributed by atoms with Crippen LogP contribution in [0.5, 0.6) is 0 Å². The molecular formula is C27H27N6O6S-. The number of hydrogen-bond donors (Lipinski definition) is 1. The molecule has 2 unspecified atom stereocenters. The Morgan fingerprint density at radius 1 is 1.10 bits per heavy atom. The van der Waals surface area contributed by atoms with Crippen LogP contribution in [0.1, 0.15) is 24.5 Å². The van der Waals surface area contributed by atoms with Crippen LogP contribution in [0.15, 0.2) is 52.1 Å². The summed E-state index contributed by atoms with van der Waals surface area (Å²) in [5.74, 6) is 5.06. The second-order valence-electron chi connectivity index (χ2n) is 9.33. The van der Waals surface area contributed by atoms with Crippen LogP contribution in [-0.4, -0.2) is 70.6 Å². The Kier molecular flexibility index (Phi) is 8.82. The van der Waals surface area contributed by atoms with Gasteiger partial charge < -0.3 is 14.6 Å². The van der Waals surface area contributed by atoms with E-state index in [4.69, 9.17) is 10.4 Å². The minimum Gasteiger partial charge on any atom is -0.759 e. The lowest BCUT2D eigenvalue weighted by Gasteiger charge is -2.44. The molecule has 0 saturated carbocycles. The summed E-state index contributed by atoms with van der Waals surface area (Å²) >= 11 is -2.57. The van der Waals surface area contributed by atoms with E-state index in [0.29, 0.717) is 42.6 Å². The maximum atomic E-state index is 12.8. The van der Waals surface area contributed by atoms with E-state index in [1.54, 1.807) is 37.2 Å². The van der Waals surface area contributed by atoms with Crippen molar-refractivity contribution in [3.8, 4) is 17.9 Å². The number of piperazine rings is 1. The molecule has 1 fully saturated rings. The van der Waals surface area contributed by atoms with Gasteiger partial charge in [0.1, 0.15) is 6.54 Å². The number of carboxylic acid groups (broad SMARTS) is 1. The van der Waals surface area contributed by atoms with Gasteiger partial charge in [-0.25, -0.2) is 14.4 Å². The van der Waals surface area contributed by atoms with Crippen molar-refractivity contribution in [3.05, 3.63) is 74.4 Å². The third-order valence-electron chi connectivity index (χ3n) is 6.70. The summed E-state index contributed by atoms with van der Waals surface area (Å²) in [5, 5.41) is 20.0. The number of carbonyl (C=O) groups is 1. The number of benzene rings is 2. The maximum absolute atomic E-state index is 12.8. The first kappa shape index (κ1) is 28.7. The molecule has 13 heteroatoms. The van der Waals surface area contributed by atoms with Crippen molar-refractivity contribution in [1.82, 2.24) is 18.6 Å². The van der Waals surface area contributed by atoms with Gasteiger partial charge in [-0.3, -0.25) is 18.4 Å². The molecule has 2 heterocycles. The number of hydrazine groups is 1. The van der Waals surface area contributed by atoms with Gasteiger partial charge in [-0.1, -0.05) is 11.8 Å². The second kappa shape index (κ2) is 12.3. The molecule has 1 aliphatic rings. The smallest absolute Gasteiger partial charge is 0.332 e. The van der Waals surface area contributed by atoms with Gasteiger partial charge >= 0.3 is 11.7 Å². The second-order valence-corrected chi connectivity index (χ2v) is 10.1. The predicted molar refractivity (Wildman–Crippen MR) is 148 cm³/mol. The average Bonchev–Trinajstić information content (AvgIpc) is 2.93. The van der Waals surface area contributed by atoms with Crippen molar-refractivity contribution in [3.63, 3.8) is 0 Å². The van der Waals surface area contributed by atoms with Gasteiger partial charge in [-0.05, 0) is 49.4 Å². The van der Waals surface area contributed by atoms with Gasteiger partial charge in [0.25, 0.3) is 5.56 Å². The first-order valence-electron chi connectivity index (χ1n) is 12.4. The number of aromatic nitrogens is 2. The van der Waals surface area contributed by atoms with Gasteiger partial charge in [0.05, 0.1) is 23.4 Å². The Bertz CT molecular complexity index is 1670. The summed E-state index contributed by atoms with van der Waals surface area (Å²) in [6, 6.07) is 13.7. The Hall–Kier alpha value is -4.27. The standard InChI is InChI=1S/C27H28N6O6S/c1-19(17-25(34)35)33(40(38)39)31-15-13-30(14-16-31)22-8-5-20(6-9-22)3-4-21-7-10-24-23(18-21)26(36)32(12-11-28)27(37)29(24)2/h5-10,18-19H,12-17H2,1-2H3,(H,34,35)(H,38,39)/p-1. The van der Waals surface area contributed by atoms with E-state index in [1.807, 2.05) is 30.3 Å². The van der Waals surface area contributed by atoms with Gasteiger partial charge in [-0.2, -0.15) is 9.68 Å². The molecule has 4 rings (SSSR count). The zero-order valence-corrected chi connectivity index (χ0v) is 22.8. The number of aliphatic carboxylic acids is 1. The molecule has 1 aromatic heterocycles. The first-order valence-corrected chi connectivity index (χ1v) is 13.5. The summed E-state index contributed by atoms with van der Waals surface area (Å²) in [5.41, 5.74) is 1.66. The van der Waals surface area contributed by atoms with Crippen molar-refractivity contribution >= 4 is 33.8 Å². The number of nitrogens with zero attached hydrogens (tertiary/aromatic N) is 6. The lowest BCUT2D eigenvalue weighted by atomic mass is 10.1. The molecule has 208 valence electrons. The molecule has 0 amide bonds. The molecule has 40 heavy (non-hydrogen) atoms. The van der Waals surface area contributed by atoms with Crippen LogP contribution < -0.4 is 16.1 Å². The SMILES string of the molecule is CC(CC(=O)O)N(N1CCN(c2ccc(C#Cc3ccc4c(c3)c(=O)n(CC#N)c(=O)n4C)cc2)CC1)S(=O)[O-]. The normalized spacial score (nSPS) is 15.3. The highest BCUT2D eigenvalue weighted by molar-refractivity contribution is 7.76. The first-order chi connectivity index (χ1) is 19.1. The fourth-order valence-electron chi connectivity index (χ4n) is 4.71. The fraction of sp³-hybridized carbons (Fsp3) is 0.333. The Morgan fingerprint density at radius 2 is 1.73 bits per heavy atom. The van der Waals surface area contributed by atoms with Gasteiger partial charge in [-0.15, -0.1) is 0 Å². The highest BCUT2D eigenvalue weighted by Crippen LogP contribution is 2.20. The van der Waals surface area contributed by atoms with Gasteiger partial charge in [0.2, 0.25) is 0 Å². The van der Waals surface area contributed by atoms with Crippen LogP contribution in [0.4, 0.5) is 5.69 Å². The molecule has 1 saturated heterocycles. The number of aryl methyl sites for hydroxylation is 1. The highest BCUT2D eigenvalue weighted by Gasteiger charge is 2.28. The molecule has 0 bridgehead atoms. The Labute approximate surface area is 232 Å². The highest BCUT2D eigenvalue weighted by atomic mass is 32.2. The zero-order chi connectivity index (χ0) is 29.0. The van der Waals surface area contributed by atoms with Gasteiger partial charge in [0.15, 0.2) is 0 Å². The molecule has 2 aromatic carbocycles. The van der Waals surface area contributed by atoms with Crippen LogP contribution in [0.3, 0.4) is 0 Å². The van der Waals surface area contributed by atoms with E-state index < -0.39 is 34.5 Å². The number of fused-ring (bicyclic) bond motifs is 1. The fourth-order valence-corrected chi connectivity index (χ4v) is 5.43. The maximum Gasteiger partial charge on any atom is 0.332 e. The summed E-state index contributed by atoms with van der Waals surface area (Å²) in [6.07, 6.45) is -0.283. The molecular weight excluding hydrogens is 536 g/mol. The van der Waals surface area contributed by atoms with E-state index >= 15 is 0 Å². The quantitative estimate of drug-likeness (QED) is 0.322. The number of rotatable bonds is 7. The van der Waals surface area contributed by atoms with Crippen molar-refractivity contribution in [2.45, 2.75) is 25.9 Å². The van der Waals surface area contributed by atoms with Gasteiger partial charge in [0, 0.05) is 67.3 Å².